The molecule has 1 nitrogen and oxygen atoms in total. The third-order valence-electron chi connectivity index (χ3n) is 2.71. The van der Waals surface area contributed by atoms with Crippen molar-refractivity contribution in [3.8, 4) is 0 Å². The molecular formula is C7H9BrO. The molecule has 0 unspecified atom stereocenters. The average molecular weight is 189 g/mol. The minimum absolute atomic E-state index is 0.142. The molecule has 3 saturated carbocycles. The van der Waals surface area contributed by atoms with Crippen LogP contribution in [0.25, 0.3) is 0 Å². The van der Waals surface area contributed by atoms with Gasteiger partial charge in [-0.05, 0) is 26.2 Å². The van der Waals surface area contributed by atoms with Gasteiger partial charge in [0.25, 0.3) is 0 Å². The van der Waals surface area contributed by atoms with Gasteiger partial charge >= 0.3 is 0 Å². The minimum atomic E-state index is 0.142. The van der Waals surface area contributed by atoms with Crippen LogP contribution in [0.15, 0.2) is 0 Å². The number of alkyl halides is 1. The molecule has 0 aromatic heterocycles. The van der Waals surface area contributed by atoms with E-state index in [1.165, 1.54) is 0 Å². The van der Waals surface area contributed by atoms with Crippen LogP contribution in [0, 0.1) is 5.41 Å². The topological polar surface area (TPSA) is 17.1 Å². The molecule has 2 heteroatoms. The van der Waals surface area contributed by atoms with E-state index >= 15 is 0 Å². The van der Waals surface area contributed by atoms with E-state index in [-0.39, 0.29) is 5.41 Å². The lowest BCUT2D eigenvalue weighted by Crippen LogP contribution is -2.66. The number of ketones is 1. The van der Waals surface area contributed by atoms with Crippen molar-refractivity contribution in [3.05, 3.63) is 0 Å². The van der Waals surface area contributed by atoms with E-state index in [1.807, 2.05) is 0 Å². The molecule has 3 aliphatic rings. The van der Waals surface area contributed by atoms with Crippen molar-refractivity contribution in [3.63, 3.8) is 0 Å². The predicted molar refractivity (Wildman–Crippen MR) is 38.6 cm³/mol. The number of hydrogen-bond donors (Lipinski definition) is 0. The van der Waals surface area contributed by atoms with Gasteiger partial charge in [-0.15, -0.1) is 0 Å². The Bertz CT molecular complexity index is 166. The van der Waals surface area contributed by atoms with Gasteiger partial charge in [0.05, 0.1) is 0 Å². The van der Waals surface area contributed by atoms with Gasteiger partial charge in [0.2, 0.25) is 0 Å². The molecule has 3 aliphatic carbocycles. The number of rotatable bonds is 1. The van der Waals surface area contributed by atoms with E-state index in [1.54, 1.807) is 6.92 Å². The highest BCUT2D eigenvalue weighted by atomic mass is 79.9. The van der Waals surface area contributed by atoms with Crippen LogP contribution in [0.4, 0.5) is 0 Å². The molecule has 0 aromatic carbocycles. The summed E-state index contributed by atoms with van der Waals surface area (Å²) in [4.78, 5) is 10.9. The Hall–Kier alpha value is 0.150. The second-order valence-corrected chi connectivity index (χ2v) is 5.20. The Morgan fingerprint density at radius 2 is 1.89 bits per heavy atom. The zero-order valence-electron chi connectivity index (χ0n) is 5.41. The van der Waals surface area contributed by atoms with Gasteiger partial charge in [-0.25, -0.2) is 0 Å². The van der Waals surface area contributed by atoms with Gasteiger partial charge in [-0.1, -0.05) is 15.9 Å². The van der Waals surface area contributed by atoms with Crippen LogP contribution < -0.4 is 0 Å². The number of halogens is 1. The highest BCUT2D eigenvalue weighted by Gasteiger charge is 2.68. The summed E-state index contributed by atoms with van der Waals surface area (Å²) in [5.74, 6) is 0.392. The Balaban J connectivity index is 2.13. The van der Waals surface area contributed by atoms with Gasteiger partial charge in [-0.3, -0.25) is 4.79 Å². The first kappa shape index (κ1) is 5.90. The van der Waals surface area contributed by atoms with Gasteiger partial charge in [0.1, 0.15) is 5.78 Å². The van der Waals surface area contributed by atoms with Crippen molar-refractivity contribution >= 4 is 21.7 Å². The molecule has 3 rings (SSSR count). The Labute approximate surface area is 62.9 Å². The molecule has 0 aliphatic heterocycles. The molecule has 50 valence electrons. The third-order valence-corrected chi connectivity index (χ3v) is 3.55. The van der Waals surface area contributed by atoms with Crippen molar-refractivity contribution < 1.29 is 4.79 Å². The van der Waals surface area contributed by atoms with Crippen LogP contribution in [-0.2, 0) is 4.79 Å². The van der Waals surface area contributed by atoms with E-state index in [4.69, 9.17) is 0 Å². The fourth-order valence-electron chi connectivity index (χ4n) is 2.04. The van der Waals surface area contributed by atoms with Crippen molar-refractivity contribution in [2.75, 3.05) is 0 Å². The minimum Gasteiger partial charge on any atom is -0.299 e. The number of carbonyl (C=O) groups excluding carboxylic acids is 1. The van der Waals surface area contributed by atoms with Crippen LogP contribution in [-0.4, -0.2) is 10.1 Å². The van der Waals surface area contributed by atoms with E-state index in [9.17, 15) is 4.79 Å². The molecule has 0 radical (unpaired) electrons. The van der Waals surface area contributed by atoms with Crippen LogP contribution in [0.5, 0.6) is 0 Å². The smallest absolute Gasteiger partial charge is 0.136 e. The predicted octanol–water partition coefficient (Wildman–Crippen LogP) is 1.89. The summed E-state index contributed by atoms with van der Waals surface area (Å²) >= 11 is 3.58. The molecule has 0 saturated heterocycles. The van der Waals surface area contributed by atoms with Crippen molar-refractivity contribution in [2.45, 2.75) is 30.5 Å². The molecule has 3 fully saturated rings. The highest BCUT2D eigenvalue weighted by molar-refractivity contribution is 9.10. The highest BCUT2D eigenvalue weighted by Crippen LogP contribution is 2.71. The van der Waals surface area contributed by atoms with Crippen molar-refractivity contribution in [1.29, 1.82) is 0 Å². The lowest BCUT2D eigenvalue weighted by Gasteiger charge is -2.66. The van der Waals surface area contributed by atoms with Gasteiger partial charge in [-0.2, -0.15) is 0 Å². The van der Waals surface area contributed by atoms with Crippen molar-refractivity contribution in [1.82, 2.24) is 0 Å². The molecular weight excluding hydrogens is 180 g/mol. The maximum atomic E-state index is 10.9. The van der Waals surface area contributed by atoms with Gasteiger partial charge in [0, 0.05) is 9.74 Å². The Kier molecular flexibility index (Phi) is 0.829. The summed E-state index contributed by atoms with van der Waals surface area (Å²) in [6.45, 7) is 1.71. The van der Waals surface area contributed by atoms with Crippen LogP contribution in [0.2, 0.25) is 0 Å². The molecule has 0 atom stereocenters. The van der Waals surface area contributed by atoms with E-state index in [0.29, 0.717) is 10.1 Å². The van der Waals surface area contributed by atoms with E-state index in [0.717, 1.165) is 19.3 Å². The first-order valence-electron chi connectivity index (χ1n) is 3.26. The molecule has 0 spiro atoms. The second kappa shape index (κ2) is 1.26. The largest absolute Gasteiger partial charge is 0.299 e. The van der Waals surface area contributed by atoms with Crippen LogP contribution in [0.3, 0.4) is 0 Å². The summed E-state index contributed by atoms with van der Waals surface area (Å²) in [6, 6.07) is 0. The lowest BCUT2D eigenvalue weighted by atomic mass is 9.43. The first-order chi connectivity index (χ1) is 4.06. The third kappa shape index (κ3) is 0.529. The van der Waals surface area contributed by atoms with E-state index < -0.39 is 0 Å². The summed E-state index contributed by atoms with van der Waals surface area (Å²) in [5.41, 5.74) is 0.142. The summed E-state index contributed by atoms with van der Waals surface area (Å²) in [5, 5.41) is 0. The zero-order chi connectivity index (χ0) is 6.70. The zero-order valence-corrected chi connectivity index (χ0v) is 6.99. The Morgan fingerprint density at radius 1 is 1.44 bits per heavy atom. The number of Topliss-reactive ketones (excluding diaryl/α,β-unsaturated/α-hetero) is 1. The summed E-state index contributed by atoms with van der Waals surface area (Å²) in [7, 11) is 0. The normalized spacial score (nSPS) is 53.6. The maximum absolute atomic E-state index is 10.9. The quantitative estimate of drug-likeness (QED) is 0.575. The monoisotopic (exact) mass is 188 g/mol. The summed E-state index contributed by atoms with van der Waals surface area (Å²) < 4.78 is 0.401. The van der Waals surface area contributed by atoms with Crippen LogP contribution >= 0.6 is 15.9 Å². The lowest BCUT2D eigenvalue weighted by molar-refractivity contribution is -0.151. The molecule has 0 N–H and O–H groups in total. The SMILES string of the molecule is CC(=O)C12CC(Br)(C1)C2. The van der Waals surface area contributed by atoms with Crippen LogP contribution in [0.1, 0.15) is 26.2 Å². The first-order valence-corrected chi connectivity index (χ1v) is 4.06. The average Bonchev–Trinajstić information content (AvgIpc) is 1.54. The molecule has 0 amide bonds. The second-order valence-electron chi connectivity index (χ2n) is 3.52. The number of carbonyl (C=O) groups is 1. The molecule has 0 heterocycles. The fraction of sp³-hybridized carbons (Fsp3) is 0.857. The fourth-order valence-corrected chi connectivity index (χ4v) is 3.65. The maximum Gasteiger partial charge on any atom is 0.136 e. The molecule has 9 heavy (non-hydrogen) atoms. The Morgan fingerprint density at radius 3 is 2.00 bits per heavy atom. The molecule has 2 bridgehead atoms. The van der Waals surface area contributed by atoms with Gasteiger partial charge in [0.15, 0.2) is 0 Å². The van der Waals surface area contributed by atoms with Gasteiger partial charge < -0.3 is 0 Å². The summed E-state index contributed by atoms with van der Waals surface area (Å²) in [6.07, 6.45) is 3.28. The van der Waals surface area contributed by atoms with Crippen molar-refractivity contribution in [2.24, 2.45) is 5.41 Å². The number of hydrogen-bond acceptors (Lipinski definition) is 1. The van der Waals surface area contributed by atoms with E-state index in [2.05, 4.69) is 15.9 Å². The molecule has 0 aromatic rings. The standard InChI is InChI=1S/C7H9BrO/c1-5(9)6-2-7(8,3-6)4-6/h2-4H2,1H3.